The van der Waals surface area contributed by atoms with E-state index in [-0.39, 0.29) is 6.47 Å². The molecule has 4 nitrogen and oxygen atoms in total. The highest BCUT2D eigenvalue weighted by atomic mass is 35.5. The fourth-order valence-corrected chi connectivity index (χ4v) is 0.673. The zero-order chi connectivity index (χ0) is 9.40. The third-order valence-corrected chi connectivity index (χ3v) is 1.09. The van der Waals surface area contributed by atoms with Gasteiger partial charge < -0.3 is 5.11 Å². The number of hydrogen-bond donors (Lipinski definition) is 1. The monoisotopic (exact) mass is 187 g/mol. The normalized spacial score (nSPS) is 7.75. The minimum absolute atomic E-state index is 0.250. The Morgan fingerprint density at radius 3 is 2.42 bits per heavy atom. The molecule has 0 aliphatic heterocycles. The van der Waals surface area contributed by atoms with Gasteiger partial charge in [0.2, 0.25) is 0 Å². The third-order valence-electron chi connectivity index (χ3n) is 0.887. The summed E-state index contributed by atoms with van der Waals surface area (Å²) < 4.78 is 0. The van der Waals surface area contributed by atoms with Gasteiger partial charge in [-0.25, -0.2) is 4.98 Å². The van der Waals surface area contributed by atoms with Gasteiger partial charge in [-0.3, -0.25) is 9.59 Å². The topological polar surface area (TPSA) is 67.3 Å². The molecule has 0 aliphatic carbocycles. The van der Waals surface area contributed by atoms with Gasteiger partial charge in [0.1, 0.15) is 11.4 Å². The number of nitrogens with zero attached hydrogens (tertiary/aromatic N) is 1. The second-order valence-electron chi connectivity index (χ2n) is 1.64. The molecule has 0 saturated heterocycles. The van der Waals surface area contributed by atoms with Gasteiger partial charge in [-0.15, -0.1) is 0 Å². The van der Waals surface area contributed by atoms with Crippen molar-refractivity contribution in [2.45, 2.75) is 0 Å². The molecule has 1 aromatic heterocycles. The quantitative estimate of drug-likeness (QED) is 0.531. The van der Waals surface area contributed by atoms with Crippen molar-refractivity contribution in [1.82, 2.24) is 4.98 Å². The molecule has 1 heterocycles. The summed E-state index contributed by atoms with van der Waals surface area (Å²) in [7, 11) is 0. The first-order valence-electron chi connectivity index (χ1n) is 2.89. The number of carboxylic acid groups (broad SMARTS) is 1. The average Bonchev–Trinajstić information content (AvgIpc) is 2.06. The van der Waals surface area contributed by atoms with Gasteiger partial charge in [0.25, 0.3) is 6.47 Å². The van der Waals surface area contributed by atoms with Crippen LogP contribution in [0, 0.1) is 0 Å². The smallest absolute Gasteiger partial charge is 0.290 e. The lowest BCUT2D eigenvalue weighted by Crippen LogP contribution is -1.79. The lowest BCUT2D eigenvalue weighted by molar-refractivity contribution is -0.122. The minimum atomic E-state index is -0.250. The molecule has 0 aromatic carbocycles. The number of aldehydes is 1. The van der Waals surface area contributed by atoms with Crippen molar-refractivity contribution < 1.29 is 14.7 Å². The fraction of sp³-hybridized carbons (Fsp3) is 0. The molecule has 1 N–H and O–H groups in total. The molecule has 0 bridgehead atoms. The molecule has 0 aliphatic rings. The van der Waals surface area contributed by atoms with Crippen LogP contribution in [0.5, 0.6) is 0 Å². The van der Waals surface area contributed by atoms with Crippen LogP contribution in [0.3, 0.4) is 0 Å². The highest BCUT2D eigenvalue weighted by molar-refractivity contribution is 6.29. The van der Waals surface area contributed by atoms with Crippen LogP contribution in [0.25, 0.3) is 0 Å². The number of halogens is 1. The molecule has 0 amide bonds. The Kier molecular flexibility index (Phi) is 5.55. The van der Waals surface area contributed by atoms with Crippen LogP contribution in [-0.4, -0.2) is 22.8 Å². The van der Waals surface area contributed by atoms with Gasteiger partial charge in [-0.2, -0.15) is 0 Å². The summed E-state index contributed by atoms with van der Waals surface area (Å²) in [4.78, 5) is 22.1. The maximum absolute atomic E-state index is 10.1. The molecule has 0 spiro atoms. The summed E-state index contributed by atoms with van der Waals surface area (Å²) in [5.74, 6) is 0. The second kappa shape index (κ2) is 6.30. The molecule has 0 atom stereocenters. The van der Waals surface area contributed by atoms with Gasteiger partial charge in [0.15, 0.2) is 0 Å². The molecular weight excluding hydrogens is 182 g/mol. The molecule has 0 unspecified atom stereocenters. The van der Waals surface area contributed by atoms with E-state index in [4.69, 9.17) is 21.5 Å². The summed E-state index contributed by atoms with van der Waals surface area (Å²) in [5.41, 5.74) is 0.551. The SMILES string of the molecule is O=CO.O=Cc1ccnc(Cl)c1. The Hall–Kier alpha value is -1.42. The minimum Gasteiger partial charge on any atom is -0.483 e. The van der Waals surface area contributed by atoms with E-state index in [1.807, 2.05) is 0 Å². The molecule has 5 heteroatoms. The lowest BCUT2D eigenvalue weighted by Gasteiger charge is -1.87. The molecule has 0 radical (unpaired) electrons. The average molecular weight is 188 g/mol. The number of rotatable bonds is 1. The number of hydrogen-bond acceptors (Lipinski definition) is 3. The zero-order valence-corrected chi connectivity index (χ0v) is 6.73. The van der Waals surface area contributed by atoms with Gasteiger partial charge in [-0.05, 0) is 12.1 Å². The van der Waals surface area contributed by atoms with Crippen molar-refractivity contribution in [3.8, 4) is 0 Å². The number of pyridine rings is 1. The number of carbonyl (C=O) groups is 2. The first-order chi connectivity index (χ1) is 5.74. The van der Waals surface area contributed by atoms with Crippen LogP contribution < -0.4 is 0 Å². The first-order valence-corrected chi connectivity index (χ1v) is 3.27. The Labute approximate surface area is 73.8 Å². The Balaban J connectivity index is 0.000000354. The Morgan fingerprint density at radius 1 is 1.50 bits per heavy atom. The van der Waals surface area contributed by atoms with E-state index in [0.717, 1.165) is 6.29 Å². The fourth-order valence-electron chi connectivity index (χ4n) is 0.491. The van der Waals surface area contributed by atoms with E-state index < -0.39 is 0 Å². The van der Waals surface area contributed by atoms with Gasteiger partial charge in [0, 0.05) is 11.8 Å². The van der Waals surface area contributed by atoms with E-state index in [1.165, 1.54) is 12.3 Å². The van der Waals surface area contributed by atoms with Crippen LogP contribution in [0.4, 0.5) is 0 Å². The van der Waals surface area contributed by atoms with Crippen LogP contribution in [0.2, 0.25) is 5.15 Å². The van der Waals surface area contributed by atoms with E-state index in [0.29, 0.717) is 10.7 Å². The van der Waals surface area contributed by atoms with E-state index >= 15 is 0 Å². The molecule has 1 aromatic rings. The van der Waals surface area contributed by atoms with Crippen LogP contribution in [0.1, 0.15) is 10.4 Å². The number of carbonyl (C=O) groups excluding carboxylic acids is 1. The van der Waals surface area contributed by atoms with Crippen molar-refractivity contribution in [2.75, 3.05) is 0 Å². The molecular formula is C7H6ClNO3. The van der Waals surface area contributed by atoms with E-state index in [9.17, 15) is 4.79 Å². The Bertz CT molecular complexity index is 265. The van der Waals surface area contributed by atoms with Crippen LogP contribution >= 0.6 is 11.6 Å². The third kappa shape index (κ3) is 4.40. The predicted octanol–water partition coefficient (Wildman–Crippen LogP) is 1.25. The van der Waals surface area contributed by atoms with Crippen molar-refractivity contribution >= 4 is 24.4 Å². The van der Waals surface area contributed by atoms with Crippen LogP contribution in [0.15, 0.2) is 18.3 Å². The van der Waals surface area contributed by atoms with Gasteiger partial charge >= 0.3 is 0 Å². The highest BCUT2D eigenvalue weighted by Crippen LogP contribution is 2.03. The molecule has 0 fully saturated rings. The summed E-state index contributed by atoms with van der Waals surface area (Å²) in [6.45, 7) is -0.250. The highest BCUT2D eigenvalue weighted by Gasteiger charge is 1.89. The van der Waals surface area contributed by atoms with Crippen molar-refractivity contribution in [3.63, 3.8) is 0 Å². The maximum atomic E-state index is 10.1. The summed E-state index contributed by atoms with van der Waals surface area (Å²) in [5, 5.41) is 7.24. The summed E-state index contributed by atoms with van der Waals surface area (Å²) >= 11 is 5.45. The van der Waals surface area contributed by atoms with Crippen molar-refractivity contribution in [3.05, 3.63) is 29.0 Å². The molecule has 64 valence electrons. The molecule has 0 saturated carbocycles. The predicted molar refractivity (Wildman–Crippen MR) is 43.3 cm³/mol. The first kappa shape index (κ1) is 10.6. The number of aromatic nitrogens is 1. The second-order valence-corrected chi connectivity index (χ2v) is 2.02. The lowest BCUT2D eigenvalue weighted by atomic mass is 10.3. The van der Waals surface area contributed by atoms with Crippen LogP contribution in [-0.2, 0) is 4.79 Å². The standard InChI is InChI=1S/C6H4ClNO.CH2O2/c7-6-3-5(4-9)1-2-8-6;2-1-3/h1-4H;1H,(H,2,3). The van der Waals surface area contributed by atoms with E-state index in [1.54, 1.807) is 6.07 Å². The maximum Gasteiger partial charge on any atom is 0.290 e. The largest absolute Gasteiger partial charge is 0.483 e. The Morgan fingerprint density at radius 2 is 2.08 bits per heavy atom. The van der Waals surface area contributed by atoms with Crippen molar-refractivity contribution in [1.29, 1.82) is 0 Å². The summed E-state index contributed by atoms with van der Waals surface area (Å²) in [6, 6.07) is 3.10. The van der Waals surface area contributed by atoms with Gasteiger partial charge in [-0.1, -0.05) is 11.6 Å². The molecule has 1 rings (SSSR count). The van der Waals surface area contributed by atoms with Crippen molar-refractivity contribution in [2.24, 2.45) is 0 Å². The van der Waals surface area contributed by atoms with Gasteiger partial charge in [0.05, 0.1) is 0 Å². The summed E-state index contributed by atoms with van der Waals surface area (Å²) in [6.07, 6.45) is 2.22. The van der Waals surface area contributed by atoms with E-state index in [2.05, 4.69) is 4.98 Å². The molecule has 12 heavy (non-hydrogen) atoms. The zero-order valence-electron chi connectivity index (χ0n) is 5.98.